The minimum Gasteiger partial charge on any atom is -0.455 e. The van der Waals surface area contributed by atoms with Crippen molar-refractivity contribution in [2.75, 3.05) is 24.6 Å². The number of nitrogens with zero attached hydrogens (tertiary/aromatic N) is 2. The van der Waals surface area contributed by atoms with E-state index in [0.717, 1.165) is 16.8 Å². The average Bonchev–Trinajstić information content (AvgIpc) is 3.71. The Morgan fingerprint density at radius 1 is 0.938 bits per heavy atom. The van der Waals surface area contributed by atoms with Gasteiger partial charge in [-0.3, -0.25) is 19.2 Å². The summed E-state index contributed by atoms with van der Waals surface area (Å²) in [5, 5.41) is 12.4. The molecule has 4 aliphatic heterocycles. The zero-order chi connectivity index (χ0) is 34.0. The molecule has 10 heteroatoms. The lowest BCUT2D eigenvalue weighted by Crippen LogP contribution is -2.56. The SMILES string of the molecule is Cc1cccc(C)c1N1C/C=C\CCC(=O)N[C@H](C)[C@@H](c2ccccc2)OC(=O)[C@@H]2[C@@H]3C=C[C@]4(O3)[C@H](C1=O)N(CCCCCO)C(=O)[C@@H]24. The van der Waals surface area contributed by atoms with E-state index in [4.69, 9.17) is 9.47 Å². The van der Waals surface area contributed by atoms with E-state index < -0.39 is 47.7 Å². The first kappa shape index (κ1) is 33.6. The van der Waals surface area contributed by atoms with Crippen LogP contribution in [0.2, 0.25) is 0 Å². The van der Waals surface area contributed by atoms with Crippen LogP contribution >= 0.6 is 0 Å². The highest BCUT2D eigenvalue weighted by atomic mass is 16.6. The fraction of sp³-hybridized carbons (Fsp3) is 0.474. The number of likely N-dealkylation sites (tertiary alicyclic amines) is 1. The van der Waals surface area contributed by atoms with Crippen molar-refractivity contribution in [1.29, 1.82) is 0 Å². The number of fused-ring (bicyclic) bond motifs is 2. The number of aliphatic hydroxyl groups excluding tert-OH is 1. The Morgan fingerprint density at radius 3 is 2.42 bits per heavy atom. The number of aliphatic hydroxyl groups is 1. The molecule has 10 nitrogen and oxygen atoms in total. The van der Waals surface area contributed by atoms with Crippen LogP contribution < -0.4 is 10.2 Å². The number of anilines is 1. The number of carbonyl (C=O) groups is 4. The predicted octanol–water partition coefficient (Wildman–Crippen LogP) is 4.09. The first-order chi connectivity index (χ1) is 23.2. The number of para-hydroxylation sites is 1. The van der Waals surface area contributed by atoms with Gasteiger partial charge in [0.1, 0.15) is 23.7 Å². The summed E-state index contributed by atoms with van der Waals surface area (Å²) in [7, 11) is 0. The predicted molar refractivity (Wildman–Crippen MR) is 180 cm³/mol. The van der Waals surface area contributed by atoms with Gasteiger partial charge >= 0.3 is 5.97 Å². The number of benzene rings is 2. The Morgan fingerprint density at radius 2 is 1.69 bits per heavy atom. The van der Waals surface area contributed by atoms with Gasteiger partial charge in [0.25, 0.3) is 5.91 Å². The van der Waals surface area contributed by atoms with Crippen molar-refractivity contribution in [1.82, 2.24) is 10.2 Å². The average molecular weight is 656 g/mol. The lowest BCUT2D eigenvalue weighted by molar-refractivity contribution is -0.161. The molecule has 5 bridgehead atoms. The van der Waals surface area contributed by atoms with E-state index in [0.29, 0.717) is 31.2 Å². The van der Waals surface area contributed by atoms with E-state index in [1.807, 2.05) is 80.6 Å². The van der Waals surface area contributed by atoms with Crippen molar-refractivity contribution in [3.8, 4) is 0 Å². The van der Waals surface area contributed by atoms with E-state index in [-0.39, 0.29) is 43.8 Å². The van der Waals surface area contributed by atoms with Crippen LogP contribution in [0.4, 0.5) is 5.69 Å². The highest BCUT2D eigenvalue weighted by Gasteiger charge is 2.73. The van der Waals surface area contributed by atoms with Gasteiger partial charge < -0.3 is 29.7 Å². The molecule has 2 aromatic carbocycles. The quantitative estimate of drug-likeness (QED) is 0.262. The molecular weight excluding hydrogens is 610 g/mol. The van der Waals surface area contributed by atoms with Gasteiger partial charge in [0.2, 0.25) is 11.8 Å². The number of unbranched alkanes of at least 4 members (excludes halogenated alkanes) is 2. The van der Waals surface area contributed by atoms with E-state index in [1.54, 1.807) is 22.8 Å². The minimum absolute atomic E-state index is 0.0401. The van der Waals surface area contributed by atoms with Crippen LogP contribution in [0.1, 0.15) is 61.8 Å². The maximum Gasteiger partial charge on any atom is 0.313 e. The zero-order valence-corrected chi connectivity index (χ0v) is 27.8. The van der Waals surface area contributed by atoms with Gasteiger partial charge in [-0.1, -0.05) is 72.8 Å². The topological polar surface area (TPSA) is 125 Å². The van der Waals surface area contributed by atoms with Crippen LogP contribution in [0.15, 0.2) is 72.8 Å². The number of allylic oxidation sites excluding steroid dienone is 1. The normalized spacial score (nSPS) is 31.2. The summed E-state index contributed by atoms with van der Waals surface area (Å²) in [5.41, 5.74) is 1.93. The summed E-state index contributed by atoms with van der Waals surface area (Å²) < 4.78 is 12.8. The van der Waals surface area contributed by atoms with Crippen LogP contribution in [0.5, 0.6) is 0 Å². The second kappa shape index (κ2) is 14.1. The highest BCUT2D eigenvalue weighted by molar-refractivity contribution is 6.06. The monoisotopic (exact) mass is 655 g/mol. The molecule has 0 saturated carbocycles. The molecule has 0 radical (unpaired) electrons. The summed E-state index contributed by atoms with van der Waals surface area (Å²) in [5.74, 6) is -3.34. The number of amides is 3. The zero-order valence-electron chi connectivity index (χ0n) is 27.8. The Hall–Kier alpha value is -4.28. The number of nitrogens with one attached hydrogen (secondary N) is 1. The van der Waals surface area contributed by atoms with Crippen molar-refractivity contribution in [2.45, 2.75) is 82.8 Å². The third kappa shape index (κ3) is 6.07. The molecule has 6 rings (SSSR count). The Kier molecular flexibility index (Phi) is 9.85. The lowest BCUT2D eigenvalue weighted by atomic mass is 9.74. The maximum absolute atomic E-state index is 15.0. The van der Waals surface area contributed by atoms with Crippen molar-refractivity contribution in [3.63, 3.8) is 0 Å². The van der Waals surface area contributed by atoms with Gasteiger partial charge in [0, 0.05) is 31.8 Å². The number of hydrogen-bond donors (Lipinski definition) is 2. The minimum atomic E-state index is -1.35. The van der Waals surface area contributed by atoms with E-state index in [2.05, 4.69) is 5.32 Å². The number of rotatable bonds is 7. The van der Waals surface area contributed by atoms with Crippen LogP contribution in [-0.4, -0.2) is 77.2 Å². The number of carbonyl (C=O) groups excluding carboxylic acids is 4. The van der Waals surface area contributed by atoms with Crippen molar-refractivity contribution in [2.24, 2.45) is 11.8 Å². The van der Waals surface area contributed by atoms with Gasteiger partial charge in [-0.05, 0) is 63.1 Å². The number of cyclic esters (lactones) is 1. The largest absolute Gasteiger partial charge is 0.455 e. The van der Waals surface area contributed by atoms with Crippen LogP contribution in [0.3, 0.4) is 0 Å². The van der Waals surface area contributed by atoms with Gasteiger partial charge in [0.05, 0.1) is 18.1 Å². The molecule has 7 atom stereocenters. The smallest absolute Gasteiger partial charge is 0.313 e. The standard InChI is InChI=1S/C38H45N3O7/c1-24-14-13-15-25(2)32(24)40-21-10-5-9-18-29(43)39-26(3)33(27-16-7-4-8-17-27)47-37(46)30-28-19-20-38(48-28)31(30)35(44)41(34(38)36(40)45)22-11-6-12-23-42/h4-5,7-8,10,13-17,19-20,26,28,30-31,33-34,42H,6,9,11-12,18,21-23H2,1-3H3,(H,39,43)/b10-5-/t26-,28+,30-,31-,33+,34+,38-/m1/s1. The van der Waals surface area contributed by atoms with Gasteiger partial charge in [-0.25, -0.2) is 0 Å². The van der Waals surface area contributed by atoms with Crippen LogP contribution in [0.25, 0.3) is 0 Å². The molecule has 2 aromatic rings. The second-order valence-corrected chi connectivity index (χ2v) is 13.3. The van der Waals surface area contributed by atoms with Crippen molar-refractivity contribution in [3.05, 3.63) is 89.5 Å². The van der Waals surface area contributed by atoms with Gasteiger partial charge in [-0.15, -0.1) is 0 Å². The molecular formula is C38H45N3O7. The molecule has 2 fully saturated rings. The fourth-order valence-corrected chi connectivity index (χ4v) is 7.92. The van der Waals surface area contributed by atoms with Crippen LogP contribution in [-0.2, 0) is 28.7 Å². The first-order valence-corrected chi connectivity index (χ1v) is 17.0. The highest BCUT2D eigenvalue weighted by Crippen LogP contribution is 2.56. The molecule has 0 unspecified atom stereocenters. The maximum atomic E-state index is 15.0. The molecule has 254 valence electrons. The first-order valence-electron chi connectivity index (χ1n) is 17.0. The van der Waals surface area contributed by atoms with Gasteiger partial charge in [0.15, 0.2) is 0 Å². The third-order valence-corrected chi connectivity index (χ3v) is 10.1. The van der Waals surface area contributed by atoms with Crippen molar-refractivity contribution < 1.29 is 33.8 Å². The Balaban J connectivity index is 1.45. The lowest BCUT2D eigenvalue weighted by Gasteiger charge is -2.36. The molecule has 4 heterocycles. The molecule has 4 aliphatic rings. The fourth-order valence-electron chi connectivity index (χ4n) is 7.92. The number of aryl methyl sites for hydroxylation is 2. The van der Waals surface area contributed by atoms with E-state index >= 15 is 4.79 Å². The van der Waals surface area contributed by atoms with Crippen LogP contribution in [0, 0.1) is 25.7 Å². The van der Waals surface area contributed by atoms with E-state index in [9.17, 15) is 19.5 Å². The molecule has 2 N–H and O–H groups in total. The Bertz CT molecular complexity index is 1590. The Labute approximate surface area is 281 Å². The van der Waals surface area contributed by atoms with Gasteiger partial charge in [-0.2, -0.15) is 0 Å². The summed E-state index contributed by atoms with van der Waals surface area (Å²) in [6.45, 7) is 6.25. The summed E-state index contributed by atoms with van der Waals surface area (Å²) in [6.07, 6.45) is 8.33. The number of esters is 1. The molecule has 0 aromatic heterocycles. The molecule has 2 saturated heterocycles. The van der Waals surface area contributed by atoms with E-state index in [1.165, 1.54) is 0 Å². The molecule has 0 aliphatic carbocycles. The second-order valence-electron chi connectivity index (χ2n) is 13.3. The number of hydrogen-bond acceptors (Lipinski definition) is 7. The summed E-state index contributed by atoms with van der Waals surface area (Å²) in [4.78, 5) is 60.2. The van der Waals surface area contributed by atoms with Crippen molar-refractivity contribution >= 4 is 29.4 Å². The molecule has 48 heavy (non-hydrogen) atoms. The third-order valence-electron chi connectivity index (χ3n) is 10.1. The molecule has 1 spiro atoms. The summed E-state index contributed by atoms with van der Waals surface area (Å²) in [6, 6.07) is 13.5. The summed E-state index contributed by atoms with van der Waals surface area (Å²) >= 11 is 0. The molecule has 3 amide bonds. The number of ether oxygens (including phenoxy) is 2.